The van der Waals surface area contributed by atoms with Crippen molar-refractivity contribution in [1.82, 2.24) is 5.32 Å². The van der Waals surface area contributed by atoms with Crippen molar-refractivity contribution >= 4 is 11.9 Å². The highest BCUT2D eigenvalue weighted by molar-refractivity contribution is 5.88. The first kappa shape index (κ1) is 6.64. The van der Waals surface area contributed by atoms with E-state index in [1.54, 1.807) is 0 Å². The smallest absolute Gasteiger partial charge is 0.302 e. The third kappa shape index (κ3) is 0.818. The second kappa shape index (κ2) is 1.96. The first-order valence-electron chi connectivity index (χ1n) is 3.66. The van der Waals surface area contributed by atoms with Crippen LogP contribution in [0.5, 0.6) is 0 Å². The molecule has 0 spiro atoms. The summed E-state index contributed by atoms with van der Waals surface area (Å²) >= 11 is 0. The van der Waals surface area contributed by atoms with Crippen LogP contribution >= 0.6 is 0 Å². The molecule has 1 saturated carbocycles. The van der Waals surface area contributed by atoms with E-state index in [1.165, 1.54) is 6.92 Å². The lowest BCUT2D eigenvalue weighted by Crippen LogP contribution is -2.71. The second-order valence-corrected chi connectivity index (χ2v) is 3.02. The molecule has 0 aromatic heterocycles. The Balaban J connectivity index is 1.90. The van der Waals surface area contributed by atoms with Gasteiger partial charge in [0, 0.05) is 19.4 Å². The molecule has 2 aliphatic rings. The molecule has 4 nitrogen and oxygen atoms in total. The number of hydrogen-bond acceptors (Lipinski definition) is 3. The number of piperidine rings is 1. The van der Waals surface area contributed by atoms with Crippen LogP contribution in [0.15, 0.2) is 0 Å². The van der Waals surface area contributed by atoms with Crippen LogP contribution in [0.3, 0.4) is 0 Å². The summed E-state index contributed by atoms with van der Waals surface area (Å²) in [5.41, 5.74) is 0. The molecule has 0 aromatic carbocycles. The predicted molar refractivity (Wildman–Crippen MR) is 35.6 cm³/mol. The summed E-state index contributed by atoms with van der Waals surface area (Å²) in [5, 5.41) is 2.72. The van der Waals surface area contributed by atoms with Gasteiger partial charge in [0.05, 0.1) is 5.92 Å². The lowest BCUT2D eigenvalue weighted by Gasteiger charge is -2.50. The number of amides is 1. The van der Waals surface area contributed by atoms with Crippen LogP contribution in [0.2, 0.25) is 0 Å². The second-order valence-electron chi connectivity index (χ2n) is 3.02. The molecule has 11 heavy (non-hydrogen) atoms. The van der Waals surface area contributed by atoms with Crippen LogP contribution in [0.4, 0.5) is 0 Å². The summed E-state index contributed by atoms with van der Waals surface area (Å²) in [7, 11) is 0. The van der Waals surface area contributed by atoms with E-state index in [9.17, 15) is 9.59 Å². The maximum atomic E-state index is 10.8. The van der Waals surface area contributed by atoms with Gasteiger partial charge in [-0.05, 0) is 0 Å². The van der Waals surface area contributed by atoms with Gasteiger partial charge in [-0.15, -0.1) is 0 Å². The minimum atomic E-state index is -0.298. The standard InChI is InChI=1S/C7H9NO3/c1-3(9)11-5-2-4-6(5)7(10)8-4/h4-6H,2H2,1H3,(H,8,10)/t4-,5+,6-/m1/s1. The van der Waals surface area contributed by atoms with Gasteiger partial charge in [0.2, 0.25) is 5.91 Å². The van der Waals surface area contributed by atoms with Crippen LogP contribution in [0, 0.1) is 5.92 Å². The molecule has 1 aliphatic carbocycles. The molecule has 60 valence electrons. The average molecular weight is 155 g/mol. The highest BCUT2D eigenvalue weighted by Crippen LogP contribution is 2.37. The molecule has 2 rings (SSSR count). The number of β-lactam (4-membered cyclic amide) rings is 1. The van der Waals surface area contributed by atoms with E-state index in [0.29, 0.717) is 0 Å². The van der Waals surface area contributed by atoms with Crippen molar-refractivity contribution in [3.63, 3.8) is 0 Å². The lowest BCUT2D eigenvalue weighted by molar-refractivity contribution is -0.173. The zero-order valence-corrected chi connectivity index (χ0v) is 6.16. The molecule has 1 amide bonds. The van der Waals surface area contributed by atoms with Crippen LogP contribution in [-0.2, 0) is 14.3 Å². The van der Waals surface area contributed by atoms with Crippen molar-refractivity contribution in [2.75, 3.05) is 0 Å². The molecule has 0 aromatic rings. The van der Waals surface area contributed by atoms with Gasteiger partial charge in [-0.1, -0.05) is 0 Å². The van der Waals surface area contributed by atoms with Gasteiger partial charge in [-0.2, -0.15) is 0 Å². The molecule has 0 bridgehead atoms. The summed E-state index contributed by atoms with van der Waals surface area (Å²) in [6.07, 6.45) is 0.641. The minimum Gasteiger partial charge on any atom is -0.462 e. The Kier molecular flexibility index (Phi) is 1.19. The van der Waals surface area contributed by atoms with Crippen molar-refractivity contribution < 1.29 is 14.3 Å². The molecule has 2 fully saturated rings. The fraction of sp³-hybridized carbons (Fsp3) is 0.714. The van der Waals surface area contributed by atoms with E-state index in [-0.39, 0.29) is 29.9 Å². The fourth-order valence-electron chi connectivity index (χ4n) is 1.62. The van der Waals surface area contributed by atoms with E-state index >= 15 is 0 Å². The monoisotopic (exact) mass is 155 g/mol. The molecule has 0 radical (unpaired) electrons. The normalized spacial score (nSPS) is 39.4. The highest BCUT2D eigenvalue weighted by atomic mass is 16.5. The summed E-state index contributed by atoms with van der Waals surface area (Å²) in [5.74, 6) is -0.320. The number of hydrogen-bond donors (Lipinski definition) is 1. The van der Waals surface area contributed by atoms with E-state index < -0.39 is 0 Å². The van der Waals surface area contributed by atoms with E-state index in [1.807, 2.05) is 0 Å². The van der Waals surface area contributed by atoms with Crippen molar-refractivity contribution in [3.8, 4) is 0 Å². The van der Waals surface area contributed by atoms with Crippen molar-refractivity contribution in [3.05, 3.63) is 0 Å². The Bertz CT molecular complexity index is 226. The fourth-order valence-corrected chi connectivity index (χ4v) is 1.62. The molecular weight excluding hydrogens is 146 g/mol. The van der Waals surface area contributed by atoms with Crippen LogP contribution < -0.4 is 5.32 Å². The number of rotatable bonds is 1. The summed E-state index contributed by atoms with van der Waals surface area (Å²) in [6, 6.07) is 0.284. The topological polar surface area (TPSA) is 55.4 Å². The summed E-state index contributed by atoms with van der Waals surface area (Å²) < 4.78 is 4.89. The molecule has 0 unspecified atom stereocenters. The third-order valence-electron chi connectivity index (χ3n) is 2.27. The summed E-state index contributed by atoms with van der Waals surface area (Å²) in [6.45, 7) is 1.36. The zero-order chi connectivity index (χ0) is 8.01. The maximum absolute atomic E-state index is 10.8. The van der Waals surface area contributed by atoms with Gasteiger partial charge >= 0.3 is 5.97 Å². The molecule has 1 saturated heterocycles. The Labute approximate surface area is 63.9 Å². The van der Waals surface area contributed by atoms with Crippen LogP contribution in [0.1, 0.15) is 13.3 Å². The zero-order valence-electron chi connectivity index (χ0n) is 6.16. The Morgan fingerprint density at radius 3 is 2.91 bits per heavy atom. The Morgan fingerprint density at radius 1 is 1.73 bits per heavy atom. The third-order valence-corrected chi connectivity index (χ3v) is 2.27. The summed E-state index contributed by atoms with van der Waals surface area (Å²) in [4.78, 5) is 21.3. The molecular formula is C7H9NO3. The van der Waals surface area contributed by atoms with Crippen LogP contribution in [0.25, 0.3) is 0 Å². The predicted octanol–water partition coefficient (Wildman–Crippen LogP) is -0.564. The molecule has 4 heteroatoms. The van der Waals surface area contributed by atoms with Crippen molar-refractivity contribution in [2.45, 2.75) is 25.5 Å². The highest BCUT2D eigenvalue weighted by Gasteiger charge is 2.55. The largest absolute Gasteiger partial charge is 0.462 e. The number of nitrogens with one attached hydrogen (secondary N) is 1. The van der Waals surface area contributed by atoms with E-state index in [0.717, 1.165) is 6.42 Å². The van der Waals surface area contributed by atoms with Gasteiger partial charge in [0.1, 0.15) is 6.10 Å². The average Bonchev–Trinajstić information content (AvgIpc) is 1.82. The van der Waals surface area contributed by atoms with Gasteiger partial charge in [-0.25, -0.2) is 0 Å². The van der Waals surface area contributed by atoms with E-state index in [4.69, 9.17) is 4.74 Å². The molecule has 3 atom stereocenters. The quantitative estimate of drug-likeness (QED) is 0.408. The number of carbonyl (C=O) groups excluding carboxylic acids is 2. The first-order chi connectivity index (χ1) is 5.18. The number of fused-ring (bicyclic) bond motifs is 1. The van der Waals surface area contributed by atoms with Gasteiger partial charge in [0.25, 0.3) is 0 Å². The molecule has 1 heterocycles. The molecule has 1 N–H and O–H groups in total. The van der Waals surface area contributed by atoms with Gasteiger partial charge < -0.3 is 10.1 Å². The van der Waals surface area contributed by atoms with Crippen molar-refractivity contribution in [2.24, 2.45) is 5.92 Å². The van der Waals surface area contributed by atoms with Crippen LogP contribution in [-0.4, -0.2) is 24.0 Å². The first-order valence-corrected chi connectivity index (χ1v) is 3.66. The Morgan fingerprint density at radius 2 is 2.45 bits per heavy atom. The van der Waals surface area contributed by atoms with Crippen molar-refractivity contribution in [1.29, 1.82) is 0 Å². The SMILES string of the molecule is CC(=O)O[C@H]1C[C@H]2NC(=O)[C@@H]12. The number of carbonyl (C=O) groups is 2. The van der Waals surface area contributed by atoms with E-state index in [2.05, 4.69) is 5.32 Å². The Hall–Kier alpha value is -1.06. The number of esters is 1. The van der Waals surface area contributed by atoms with Gasteiger partial charge in [-0.3, -0.25) is 9.59 Å². The molecule has 1 aliphatic heterocycles. The minimum absolute atomic E-state index is 0.0208. The number of ether oxygens (including phenoxy) is 1. The van der Waals surface area contributed by atoms with Gasteiger partial charge in [0.15, 0.2) is 0 Å². The maximum Gasteiger partial charge on any atom is 0.302 e. The lowest BCUT2D eigenvalue weighted by atomic mass is 9.70.